The summed E-state index contributed by atoms with van der Waals surface area (Å²) in [6.45, 7) is 18.8. The summed E-state index contributed by atoms with van der Waals surface area (Å²) >= 11 is 0. The van der Waals surface area contributed by atoms with E-state index in [-0.39, 0.29) is 12.3 Å². The summed E-state index contributed by atoms with van der Waals surface area (Å²) in [4.78, 5) is 29.4. The van der Waals surface area contributed by atoms with E-state index in [1.165, 1.54) is 0 Å². The second-order valence-corrected chi connectivity index (χ2v) is 10.7. The normalized spacial score (nSPS) is 12.5. The summed E-state index contributed by atoms with van der Waals surface area (Å²) in [5.41, 5.74) is -0.386. The van der Waals surface area contributed by atoms with Crippen molar-refractivity contribution < 1.29 is 24.4 Å². The first-order valence-corrected chi connectivity index (χ1v) is 13.7. The molecule has 0 aliphatic carbocycles. The molecule has 6 nitrogen and oxygen atoms in total. The van der Waals surface area contributed by atoms with Crippen LogP contribution in [-0.2, 0) is 19.9 Å². The molecule has 39 heavy (non-hydrogen) atoms. The van der Waals surface area contributed by atoms with E-state index in [4.69, 9.17) is 4.74 Å². The summed E-state index contributed by atoms with van der Waals surface area (Å²) in [6, 6.07) is 20.2. The minimum atomic E-state index is -1.76. The summed E-state index contributed by atoms with van der Waals surface area (Å²) < 4.78 is 5.57. The number of hydrogen-bond donors (Lipinski definition) is 2. The predicted molar refractivity (Wildman–Crippen MR) is 159 cm³/mol. The Balaban J connectivity index is 0.00000181. The average molecular weight is 536 g/mol. The molecule has 0 saturated heterocycles. The molecule has 0 saturated carbocycles. The Kier molecular flexibility index (Phi) is 12.5. The van der Waals surface area contributed by atoms with Gasteiger partial charge in [0.05, 0.1) is 6.42 Å². The fraction of sp³-hybridized carbons (Fsp3) is 0.424. The highest BCUT2D eigenvalue weighted by Crippen LogP contribution is 2.41. The zero-order valence-electron chi connectivity index (χ0n) is 25.3. The first-order chi connectivity index (χ1) is 18.3. The Morgan fingerprint density at radius 3 is 1.82 bits per heavy atom. The number of amides is 1. The second-order valence-electron chi connectivity index (χ2n) is 10.7. The number of aromatic amines is 1. The third-order valence-electron chi connectivity index (χ3n) is 5.50. The topological polar surface area (TPSA) is 89.8 Å². The number of nitrogens with one attached hydrogen (secondary N) is 2. The van der Waals surface area contributed by atoms with Crippen molar-refractivity contribution in [3.8, 4) is 11.3 Å². The third kappa shape index (κ3) is 9.32. The second kappa shape index (κ2) is 14.6. The van der Waals surface area contributed by atoms with Gasteiger partial charge in [0, 0.05) is 22.6 Å². The molecule has 2 aromatic carbocycles. The molecule has 3 aromatic rings. The molecule has 0 fully saturated rings. The van der Waals surface area contributed by atoms with Gasteiger partial charge >= 0.3 is 5.97 Å². The number of H-pyrrole nitrogens is 1. The molecule has 0 radical (unpaired) electrons. The van der Waals surface area contributed by atoms with Crippen molar-refractivity contribution in [1.82, 2.24) is 0 Å². The van der Waals surface area contributed by atoms with Gasteiger partial charge in [0.15, 0.2) is 6.20 Å². The molecule has 0 aliphatic rings. The molecule has 1 amide bonds. The zero-order chi connectivity index (χ0) is 29.9. The van der Waals surface area contributed by atoms with Crippen LogP contribution in [0.2, 0.25) is 0 Å². The SMILES string of the molecule is CC.CC.CC(C)(C)OC(=O)CC(O)(c1ccccc1)c1cc[nH+]c(-c2ccccc2)c1NC(=O)C(C)(C)C. The van der Waals surface area contributed by atoms with Crippen molar-refractivity contribution in [2.24, 2.45) is 5.41 Å². The summed E-state index contributed by atoms with van der Waals surface area (Å²) in [7, 11) is 0. The van der Waals surface area contributed by atoms with Gasteiger partial charge in [-0.25, -0.2) is 4.98 Å². The fourth-order valence-corrected chi connectivity index (χ4v) is 3.76. The molecule has 6 heteroatoms. The van der Waals surface area contributed by atoms with E-state index in [1.54, 1.807) is 57.3 Å². The van der Waals surface area contributed by atoms with Crippen molar-refractivity contribution in [2.45, 2.75) is 86.9 Å². The van der Waals surface area contributed by atoms with Gasteiger partial charge in [0.1, 0.15) is 16.9 Å². The number of carbonyl (C=O) groups is 2. The number of benzene rings is 2. The maximum absolute atomic E-state index is 13.1. The molecule has 1 aromatic heterocycles. The summed E-state index contributed by atoms with van der Waals surface area (Å²) in [6.07, 6.45) is 1.37. The molecule has 3 rings (SSSR count). The molecular weight excluding hydrogens is 488 g/mol. The molecule has 1 unspecified atom stereocenters. The number of aromatic nitrogens is 1. The van der Waals surface area contributed by atoms with Gasteiger partial charge in [-0.3, -0.25) is 9.59 Å². The van der Waals surface area contributed by atoms with Gasteiger partial charge in [0.2, 0.25) is 11.6 Å². The van der Waals surface area contributed by atoms with Gasteiger partial charge in [-0.2, -0.15) is 0 Å². The third-order valence-corrected chi connectivity index (χ3v) is 5.50. The van der Waals surface area contributed by atoms with Crippen molar-refractivity contribution in [2.75, 3.05) is 5.32 Å². The van der Waals surface area contributed by atoms with Gasteiger partial charge in [-0.15, -0.1) is 0 Å². The van der Waals surface area contributed by atoms with Crippen LogP contribution in [0.1, 0.15) is 86.8 Å². The van der Waals surface area contributed by atoms with E-state index >= 15 is 0 Å². The fourth-order valence-electron chi connectivity index (χ4n) is 3.76. The van der Waals surface area contributed by atoms with E-state index in [9.17, 15) is 14.7 Å². The lowest BCUT2D eigenvalue weighted by Gasteiger charge is -2.32. The van der Waals surface area contributed by atoms with Gasteiger partial charge in [-0.05, 0) is 38.5 Å². The number of esters is 1. The quantitative estimate of drug-likeness (QED) is 0.327. The standard InChI is InChI=1S/C29H34N2O4.2C2H6/c1-27(2,3)26(33)31-25-22(17-18-30-24(25)20-13-9-7-10-14-20)29(34,21-15-11-8-12-16-21)19-23(32)35-28(4,5)6;2*1-2/h7-18,34H,19H2,1-6H3,(H,31,33);2*1-2H3/p+1. The van der Waals surface area contributed by atoms with Crippen molar-refractivity contribution in [3.63, 3.8) is 0 Å². The van der Waals surface area contributed by atoms with E-state index in [2.05, 4.69) is 10.3 Å². The largest absolute Gasteiger partial charge is 0.460 e. The average Bonchev–Trinajstić information content (AvgIpc) is 2.90. The Labute approximate surface area is 234 Å². The van der Waals surface area contributed by atoms with Crippen molar-refractivity contribution in [1.29, 1.82) is 0 Å². The Morgan fingerprint density at radius 2 is 1.33 bits per heavy atom. The van der Waals surface area contributed by atoms with E-state index in [0.29, 0.717) is 22.5 Å². The highest BCUT2D eigenvalue weighted by atomic mass is 16.6. The minimum Gasteiger partial charge on any atom is -0.460 e. The Bertz CT molecular complexity index is 1180. The lowest BCUT2D eigenvalue weighted by atomic mass is 9.81. The first kappa shape index (κ1) is 33.5. The van der Waals surface area contributed by atoms with Gasteiger partial charge in [0.25, 0.3) is 0 Å². The lowest BCUT2D eigenvalue weighted by Crippen LogP contribution is -2.37. The molecule has 0 bridgehead atoms. The first-order valence-electron chi connectivity index (χ1n) is 13.7. The molecule has 1 heterocycles. The lowest BCUT2D eigenvalue weighted by molar-refractivity contribution is -0.364. The van der Waals surface area contributed by atoms with Crippen molar-refractivity contribution in [3.05, 3.63) is 84.1 Å². The smallest absolute Gasteiger partial charge is 0.309 e. The number of anilines is 1. The van der Waals surface area contributed by atoms with Crippen LogP contribution >= 0.6 is 0 Å². The van der Waals surface area contributed by atoms with Crippen molar-refractivity contribution >= 4 is 17.6 Å². The number of carbonyl (C=O) groups excluding carboxylic acids is 2. The van der Waals surface area contributed by atoms with Gasteiger partial charge in [-0.1, -0.05) is 97.0 Å². The van der Waals surface area contributed by atoms with Crippen LogP contribution in [0, 0.1) is 5.41 Å². The highest BCUT2D eigenvalue weighted by Gasteiger charge is 2.41. The Morgan fingerprint density at radius 1 is 0.821 bits per heavy atom. The van der Waals surface area contributed by atoms with Crippen LogP contribution in [0.25, 0.3) is 11.3 Å². The molecule has 212 valence electrons. The van der Waals surface area contributed by atoms with E-state index in [1.807, 2.05) is 84.9 Å². The molecule has 3 N–H and O–H groups in total. The minimum absolute atomic E-state index is 0.219. The molecule has 0 spiro atoms. The van der Waals surface area contributed by atoms with Crippen LogP contribution in [-0.4, -0.2) is 22.6 Å². The molecular formula is C33H47N2O4+. The number of aliphatic hydroxyl groups is 1. The van der Waals surface area contributed by atoms with E-state index in [0.717, 1.165) is 5.56 Å². The van der Waals surface area contributed by atoms with E-state index < -0.39 is 22.6 Å². The van der Waals surface area contributed by atoms with Crippen LogP contribution in [0.15, 0.2) is 72.9 Å². The Hall–Kier alpha value is -3.51. The van der Waals surface area contributed by atoms with Gasteiger partial charge < -0.3 is 15.2 Å². The van der Waals surface area contributed by atoms with Crippen LogP contribution in [0.4, 0.5) is 5.69 Å². The number of rotatable bonds is 6. The molecule has 1 atom stereocenters. The molecule has 0 aliphatic heterocycles. The number of pyridine rings is 1. The number of ether oxygens (including phenoxy) is 1. The highest BCUT2D eigenvalue weighted by molar-refractivity contribution is 5.98. The maximum Gasteiger partial charge on any atom is 0.309 e. The number of hydrogen-bond acceptors (Lipinski definition) is 4. The van der Waals surface area contributed by atoms with Crippen LogP contribution < -0.4 is 10.3 Å². The van der Waals surface area contributed by atoms with Crippen LogP contribution in [0.5, 0.6) is 0 Å². The predicted octanol–water partition coefficient (Wildman–Crippen LogP) is 7.17. The zero-order valence-corrected chi connectivity index (χ0v) is 25.3. The van der Waals surface area contributed by atoms with Crippen LogP contribution in [0.3, 0.4) is 0 Å². The summed E-state index contributed by atoms with van der Waals surface area (Å²) in [5, 5.41) is 15.3. The maximum atomic E-state index is 13.1. The monoisotopic (exact) mass is 535 g/mol. The summed E-state index contributed by atoms with van der Waals surface area (Å²) in [5.74, 6) is -0.769.